The molecule has 1 aliphatic rings. The summed E-state index contributed by atoms with van der Waals surface area (Å²) >= 11 is 0. The second kappa shape index (κ2) is 12.9. The van der Waals surface area contributed by atoms with Gasteiger partial charge in [0.25, 0.3) is 0 Å². The highest BCUT2D eigenvalue weighted by Crippen LogP contribution is 2.22. The van der Waals surface area contributed by atoms with Crippen molar-refractivity contribution in [2.45, 2.75) is 62.7 Å². The SMILES string of the molecule is NC(Cc1c[nH]c2ccccc12)C(=O)N1CCCC1C(=O)NC(CCC(=O)O)C(=O)NC(CC(=O)O)C(=O)O. The highest BCUT2D eigenvalue weighted by atomic mass is 16.4. The molecule has 3 rings (SSSR count). The average molecular weight is 546 g/mol. The summed E-state index contributed by atoms with van der Waals surface area (Å²) in [5, 5.41) is 32.5. The monoisotopic (exact) mass is 545 g/mol. The summed E-state index contributed by atoms with van der Waals surface area (Å²) in [6.07, 6.45) is 0.936. The molecular weight excluding hydrogens is 514 g/mol. The van der Waals surface area contributed by atoms with E-state index in [1.807, 2.05) is 29.6 Å². The minimum absolute atomic E-state index is 0.220. The first-order valence-electron chi connectivity index (χ1n) is 12.4. The van der Waals surface area contributed by atoms with Crippen LogP contribution in [0.3, 0.4) is 0 Å². The number of fused-ring (bicyclic) bond motifs is 1. The van der Waals surface area contributed by atoms with Gasteiger partial charge in [-0.3, -0.25) is 24.0 Å². The number of para-hydroxylation sites is 1. The van der Waals surface area contributed by atoms with Crippen molar-refractivity contribution in [1.82, 2.24) is 20.5 Å². The molecule has 0 spiro atoms. The number of rotatable bonds is 13. The van der Waals surface area contributed by atoms with Crippen LogP contribution >= 0.6 is 0 Å². The molecule has 1 aliphatic heterocycles. The van der Waals surface area contributed by atoms with Crippen LogP contribution in [0.2, 0.25) is 0 Å². The van der Waals surface area contributed by atoms with Crippen LogP contribution in [-0.2, 0) is 35.2 Å². The first kappa shape index (κ1) is 29.1. The zero-order chi connectivity index (χ0) is 28.7. The fourth-order valence-electron chi connectivity index (χ4n) is 4.59. The van der Waals surface area contributed by atoms with Gasteiger partial charge in [0.15, 0.2) is 0 Å². The van der Waals surface area contributed by atoms with Crippen molar-refractivity contribution in [3.63, 3.8) is 0 Å². The number of nitrogens with two attached hydrogens (primary N) is 1. The Morgan fingerprint density at radius 3 is 2.41 bits per heavy atom. The van der Waals surface area contributed by atoms with Gasteiger partial charge < -0.3 is 41.6 Å². The Morgan fingerprint density at radius 1 is 1.03 bits per heavy atom. The molecular formula is C25H31N5O9. The first-order chi connectivity index (χ1) is 18.5. The molecule has 8 N–H and O–H groups in total. The quantitative estimate of drug-likeness (QED) is 0.169. The van der Waals surface area contributed by atoms with Crippen LogP contribution in [0, 0.1) is 0 Å². The zero-order valence-corrected chi connectivity index (χ0v) is 21.0. The summed E-state index contributed by atoms with van der Waals surface area (Å²) in [7, 11) is 0. The number of likely N-dealkylation sites (tertiary alicyclic amines) is 1. The van der Waals surface area contributed by atoms with Crippen LogP contribution in [0.4, 0.5) is 0 Å². The molecule has 4 unspecified atom stereocenters. The number of benzene rings is 1. The summed E-state index contributed by atoms with van der Waals surface area (Å²) in [5.74, 6) is -6.58. The predicted molar refractivity (Wildman–Crippen MR) is 135 cm³/mol. The van der Waals surface area contributed by atoms with E-state index >= 15 is 0 Å². The number of amides is 3. The van der Waals surface area contributed by atoms with E-state index in [1.54, 1.807) is 6.20 Å². The number of carboxylic acid groups (broad SMARTS) is 3. The summed E-state index contributed by atoms with van der Waals surface area (Å²) in [6.45, 7) is 0.254. The number of hydrogen-bond acceptors (Lipinski definition) is 7. The van der Waals surface area contributed by atoms with E-state index in [2.05, 4.69) is 10.3 Å². The van der Waals surface area contributed by atoms with Crippen LogP contribution in [0.15, 0.2) is 30.5 Å². The Kier molecular flexibility index (Phi) is 9.60. The molecule has 39 heavy (non-hydrogen) atoms. The van der Waals surface area contributed by atoms with Crippen molar-refractivity contribution in [3.05, 3.63) is 36.0 Å². The second-order valence-corrected chi connectivity index (χ2v) is 9.35. The lowest BCUT2D eigenvalue weighted by molar-refractivity contribution is -0.147. The third kappa shape index (κ3) is 7.54. The van der Waals surface area contributed by atoms with Crippen LogP contribution in [0.1, 0.15) is 37.7 Å². The highest BCUT2D eigenvalue weighted by molar-refractivity contribution is 5.95. The third-order valence-electron chi connectivity index (χ3n) is 6.54. The van der Waals surface area contributed by atoms with Crippen LogP contribution in [0.5, 0.6) is 0 Å². The minimum Gasteiger partial charge on any atom is -0.481 e. The van der Waals surface area contributed by atoms with Gasteiger partial charge in [0.2, 0.25) is 17.7 Å². The lowest BCUT2D eigenvalue weighted by Gasteiger charge is -2.28. The molecule has 0 bridgehead atoms. The number of hydrogen-bond donors (Lipinski definition) is 7. The minimum atomic E-state index is -1.79. The van der Waals surface area contributed by atoms with Gasteiger partial charge in [0.1, 0.15) is 18.1 Å². The van der Waals surface area contributed by atoms with E-state index < -0.39 is 72.6 Å². The molecule has 2 aromatic rings. The molecule has 210 valence electrons. The van der Waals surface area contributed by atoms with E-state index in [1.165, 1.54) is 4.90 Å². The smallest absolute Gasteiger partial charge is 0.326 e. The molecule has 0 radical (unpaired) electrons. The maximum atomic E-state index is 13.2. The Morgan fingerprint density at radius 2 is 1.74 bits per heavy atom. The van der Waals surface area contributed by atoms with Crippen molar-refractivity contribution in [2.24, 2.45) is 5.73 Å². The summed E-state index contributed by atoms with van der Waals surface area (Å²) in [5.41, 5.74) is 7.96. The Labute approximate surface area is 222 Å². The molecule has 4 atom stereocenters. The van der Waals surface area contributed by atoms with Crippen LogP contribution in [-0.4, -0.2) is 91.5 Å². The van der Waals surface area contributed by atoms with Gasteiger partial charge in [-0.1, -0.05) is 18.2 Å². The number of H-pyrrole nitrogens is 1. The fraction of sp³-hybridized carbons (Fsp3) is 0.440. The van der Waals surface area contributed by atoms with Crippen LogP contribution < -0.4 is 16.4 Å². The molecule has 2 heterocycles. The third-order valence-corrected chi connectivity index (χ3v) is 6.54. The van der Waals surface area contributed by atoms with Crippen molar-refractivity contribution in [1.29, 1.82) is 0 Å². The van der Waals surface area contributed by atoms with E-state index in [0.29, 0.717) is 6.42 Å². The Balaban J connectivity index is 1.69. The summed E-state index contributed by atoms with van der Waals surface area (Å²) in [4.78, 5) is 76.9. The molecule has 0 saturated carbocycles. The van der Waals surface area contributed by atoms with Gasteiger partial charge in [-0.2, -0.15) is 0 Å². The highest BCUT2D eigenvalue weighted by Gasteiger charge is 2.38. The lowest BCUT2D eigenvalue weighted by atomic mass is 10.0. The molecule has 14 nitrogen and oxygen atoms in total. The standard InChI is InChI=1S/C25H31N5O9/c26-15(10-13-12-27-16-5-2-1-4-14(13)16)24(37)30-9-3-6-19(30)23(36)28-17(7-8-20(31)32)22(35)29-18(25(38)39)11-21(33)34/h1-2,4-5,12,15,17-19,27H,3,6-11,26H2,(H,28,36)(H,29,35)(H,31,32)(H,33,34)(H,38,39). The van der Waals surface area contributed by atoms with Gasteiger partial charge >= 0.3 is 17.9 Å². The number of carbonyl (C=O) groups is 6. The maximum Gasteiger partial charge on any atom is 0.326 e. The Hall–Kier alpha value is -4.46. The number of nitrogens with zero attached hydrogens (tertiary/aromatic N) is 1. The van der Waals surface area contributed by atoms with Gasteiger partial charge in [-0.25, -0.2) is 4.79 Å². The molecule has 1 aromatic carbocycles. The molecule has 1 saturated heterocycles. The van der Waals surface area contributed by atoms with Gasteiger partial charge in [0.05, 0.1) is 12.5 Å². The van der Waals surface area contributed by atoms with Gasteiger partial charge in [-0.15, -0.1) is 0 Å². The largest absolute Gasteiger partial charge is 0.481 e. The van der Waals surface area contributed by atoms with E-state index in [-0.39, 0.29) is 25.8 Å². The van der Waals surface area contributed by atoms with E-state index in [0.717, 1.165) is 16.5 Å². The fourth-order valence-corrected chi connectivity index (χ4v) is 4.59. The number of aliphatic carboxylic acids is 3. The average Bonchev–Trinajstić information content (AvgIpc) is 3.53. The zero-order valence-electron chi connectivity index (χ0n) is 21.0. The summed E-state index contributed by atoms with van der Waals surface area (Å²) in [6, 6.07) is 2.36. The number of carbonyl (C=O) groups excluding carboxylic acids is 3. The molecule has 1 fully saturated rings. The van der Waals surface area contributed by atoms with Gasteiger partial charge in [0, 0.05) is 30.1 Å². The maximum absolute atomic E-state index is 13.2. The van der Waals surface area contributed by atoms with Crippen molar-refractivity contribution >= 4 is 46.5 Å². The topological polar surface area (TPSA) is 232 Å². The predicted octanol–water partition coefficient (Wildman–Crippen LogP) is -0.578. The van der Waals surface area contributed by atoms with Gasteiger partial charge in [-0.05, 0) is 37.3 Å². The first-order valence-corrected chi connectivity index (χ1v) is 12.4. The van der Waals surface area contributed by atoms with Crippen molar-refractivity contribution in [3.8, 4) is 0 Å². The van der Waals surface area contributed by atoms with E-state index in [9.17, 15) is 33.9 Å². The second-order valence-electron chi connectivity index (χ2n) is 9.35. The molecule has 0 aliphatic carbocycles. The summed E-state index contributed by atoms with van der Waals surface area (Å²) < 4.78 is 0. The van der Waals surface area contributed by atoms with E-state index in [4.69, 9.17) is 15.9 Å². The number of nitrogens with one attached hydrogen (secondary N) is 3. The molecule has 3 amide bonds. The number of aromatic nitrogens is 1. The lowest BCUT2D eigenvalue weighted by Crippen LogP contribution is -2.57. The number of aromatic amines is 1. The molecule has 14 heteroatoms. The van der Waals surface area contributed by atoms with Crippen molar-refractivity contribution < 1.29 is 44.1 Å². The number of carboxylic acids is 3. The Bertz CT molecular complexity index is 1260. The molecule has 1 aromatic heterocycles. The normalized spacial score (nSPS) is 17.3. The van der Waals surface area contributed by atoms with Crippen LogP contribution in [0.25, 0.3) is 10.9 Å². The van der Waals surface area contributed by atoms with Crippen molar-refractivity contribution in [2.75, 3.05) is 6.54 Å².